The van der Waals surface area contributed by atoms with Crippen molar-refractivity contribution in [2.45, 2.75) is 26.4 Å². The maximum atomic E-state index is 13.3. The van der Waals surface area contributed by atoms with Crippen molar-refractivity contribution < 1.29 is 34.8 Å². The molecule has 3 unspecified atom stereocenters. The SMILES string of the molecule is Cc1ccc(O)c2c1CC1C(=C2O)C(=O)C2C(=O)C(C(N)=O)=C(O)[C@@H](C)C2[C@H]1O. The fourth-order valence-corrected chi connectivity index (χ4v) is 5.12. The molecule has 3 aliphatic carbocycles. The topological polar surface area (TPSA) is 158 Å². The Bertz CT molecular complexity index is 1050. The molecule has 1 aromatic rings. The molecular weight excluding hydrogens is 378 g/mol. The van der Waals surface area contributed by atoms with E-state index in [0.717, 1.165) is 5.56 Å². The van der Waals surface area contributed by atoms with Crippen LogP contribution in [0.4, 0.5) is 0 Å². The Morgan fingerprint density at radius 2 is 1.79 bits per heavy atom. The monoisotopic (exact) mass is 399 g/mol. The van der Waals surface area contributed by atoms with Crippen LogP contribution < -0.4 is 5.73 Å². The number of carbonyl (C=O) groups is 3. The number of ketones is 2. The minimum Gasteiger partial charge on any atom is -0.511 e. The number of carbonyl (C=O) groups excluding carboxylic acids is 3. The summed E-state index contributed by atoms with van der Waals surface area (Å²) in [5.41, 5.74) is 5.93. The molecule has 1 aromatic carbocycles. The number of hydrogen-bond donors (Lipinski definition) is 5. The van der Waals surface area contributed by atoms with Crippen LogP contribution in [0.5, 0.6) is 5.75 Å². The number of aliphatic hydroxyl groups excluding tert-OH is 3. The van der Waals surface area contributed by atoms with E-state index in [1.54, 1.807) is 13.0 Å². The Hall–Kier alpha value is -3.13. The van der Waals surface area contributed by atoms with Crippen LogP contribution in [0.3, 0.4) is 0 Å². The average Bonchev–Trinajstić information content (AvgIpc) is 2.65. The molecule has 8 heteroatoms. The van der Waals surface area contributed by atoms with E-state index in [4.69, 9.17) is 5.73 Å². The maximum Gasteiger partial charge on any atom is 0.255 e. The van der Waals surface area contributed by atoms with E-state index in [1.165, 1.54) is 13.0 Å². The normalized spacial score (nSPS) is 31.3. The zero-order chi connectivity index (χ0) is 21.4. The summed E-state index contributed by atoms with van der Waals surface area (Å²) in [5, 5.41) is 42.5. The number of fused-ring (bicyclic) bond motifs is 3. The first-order valence-electron chi connectivity index (χ1n) is 9.32. The van der Waals surface area contributed by atoms with E-state index in [-0.39, 0.29) is 23.3 Å². The highest BCUT2D eigenvalue weighted by Gasteiger charge is 2.58. The predicted molar refractivity (Wildman–Crippen MR) is 101 cm³/mol. The molecule has 152 valence electrons. The average molecular weight is 399 g/mol. The molecule has 1 saturated carbocycles. The van der Waals surface area contributed by atoms with Crippen LogP contribution >= 0.6 is 0 Å². The van der Waals surface area contributed by atoms with Gasteiger partial charge < -0.3 is 26.2 Å². The standard InChI is InChI=1S/C21H21NO7/c1-6-3-4-10(23)12-8(6)5-9-13(18(12)26)19(27)14-11(17(9)25)7(2)16(24)15(20(14)28)21(22)29/h3-4,7,9,11,14,17,23-26H,5H2,1-2H3,(H2,22,29)/t7-,9?,11?,14?,17-/m0/s1. The minimum absolute atomic E-state index is 0.111. The Morgan fingerprint density at radius 3 is 2.41 bits per heavy atom. The number of primary amides is 1. The molecule has 5 atom stereocenters. The molecule has 1 amide bonds. The summed E-state index contributed by atoms with van der Waals surface area (Å²) in [4.78, 5) is 37.8. The van der Waals surface area contributed by atoms with Gasteiger partial charge in [-0.2, -0.15) is 0 Å². The molecule has 6 N–H and O–H groups in total. The second-order valence-electron chi connectivity index (χ2n) is 8.02. The maximum absolute atomic E-state index is 13.3. The third-order valence-corrected chi connectivity index (χ3v) is 6.59. The summed E-state index contributed by atoms with van der Waals surface area (Å²) in [6.45, 7) is 3.30. The van der Waals surface area contributed by atoms with Crippen LogP contribution in [-0.2, 0) is 20.8 Å². The number of aryl methyl sites for hydroxylation is 1. The van der Waals surface area contributed by atoms with E-state index >= 15 is 0 Å². The first-order chi connectivity index (χ1) is 13.6. The van der Waals surface area contributed by atoms with Crippen molar-refractivity contribution >= 4 is 23.2 Å². The lowest BCUT2D eigenvalue weighted by Gasteiger charge is -2.46. The molecule has 29 heavy (non-hydrogen) atoms. The van der Waals surface area contributed by atoms with Gasteiger partial charge in [-0.1, -0.05) is 13.0 Å². The highest BCUT2D eigenvalue weighted by Crippen LogP contribution is 2.51. The van der Waals surface area contributed by atoms with E-state index in [0.29, 0.717) is 5.56 Å². The van der Waals surface area contributed by atoms with Gasteiger partial charge in [-0.25, -0.2) is 0 Å². The van der Waals surface area contributed by atoms with Crippen molar-refractivity contribution in [3.05, 3.63) is 45.7 Å². The molecule has 0 saturated heterocycles. The van der Waals surface area contributed by atoms with Gasteiger partial charge in [0.15, 0.2) is 11.6 Å². The molecular formula is C21H21NO7. The summed E-state index contributed by atoms with van der Waals surface area (Å²) in [5.74, 6) is -8.11. The van der Waals surface area contributed by atoms with Gasteiger partial charge in [0, 0.05) is 23.3 Å². The molecule has 0 aromatic heterocycles. The van der Waals surface area contributed by atoms with Gasteiger partial charge in [0.25, 0.3) is 5.91 Å². The largest absolute Gasteiger partial charge is 0.511 e. The van der Waals surface area contributed by atoms with Crippen LogP contribution in [-0.4, -0.2) is 44.0 Å². The quantitative estimate of drug-likeness (QED) is 0.346. The van der Waals surface area contributed by atoms with E-state index < -0.39 is 64.3 Å². The molecule has 3 aliphatic rings. The number of nitrogens with two attached hydrogens (primary N) is 1. The van der Waals surface area contributed by atoms with Crippen molar-refractivity contribution in [3.8, 4) is 5.75 Å². The van der Waals surface area contributed by atoms with Gasteiger partial charge in [-0.3, -0.25) is 14.4 Å². The van der Waals surface area contributed by atoms with E-state index in [2.05, 4.69) is 0 Å². The molecule has 0 radical (unpaired) electrons. The Balaban J connectivity index is 1.94. The summed E-state index contributed by atoms with van der Waals surface area (Å²) in [6.07, 6.45) is -1.06. The number of phenolic OH excluding ortho intramolecular Hbond substituents is 1. The van der Waals surface area contributed by atoms with Crippen LogP contribution in [0.1, 0.15) is 23.6 Å². The summed E-state index contributed by atoms with van der Waals surface area (Å²) >= 11 is 0. The van der Waals surface area contributed by atoms with Gasteiger partial charge in [0.05, 0.1) is 17.6 Å². The predicted octanol–water partition coefficient (Wildman–Crippen LogP) is 0.834. The fraction of sp³-hybridized carbons (Fsp3) is 0.381. The Labute approximate surface area is 166 Å². The molecule has 0 aliphatic heterocycles. The highest BCUT2D eigenvalue weighted by molar-refractivity contribution is 6.28. The number of benzene rings is 1. The number of amides is 1. The Kier molecular flexibility index (Phi) is 4.09. The second kappa shape index (κ2) is 6.18. The van der Waals surface area contributed by atoms with Crippen molar-refractivity contribution in [1.82, 2.24) is 0 Å². The van der Waals surface area contributed by atoms with Crippen LogP contribution in [0.2, 0.25) is 0 Å². The molecule has 4 rings (SSSR count). The zero-order valence-electron chi connectivity index (χ0n) is 15.8. The van der Waals surface area contributed by atoms with Crippen LogP contribution in [0.25, 0.3) is 5.76 Å². The number of Topliss-reactive ketones (excluding diaryl/α,β-unsaturated/α-hetero) is 2. The number of allylic oxidation sites excluding steroid dienone is 1. The fourth-order valence-electron chi connectivity index (χ4n) is 5.12. The lowest BCUT2D eigenvalue weighted by molar-refractivity contribution is -0.142. The molecule has 0 bridgehead atoms. The second-order valence-corrected chi connectivity index (χ2v) is 8.02. The van der Waals surface area contributed by atoms with Gasteiger partial charge in [-0.05, 0) is 30.5 Å². The number of phenols is 1. The van der Waals surface area contributed by atoms with E-state index in [1.807, 2.05) is 0 Å². The third-order valence-electron chi connectivity index (χ3n) is 6.59. The number of hydrogen-bond acceptors (Lipinski definition) is 7. The number of aliphatic hydroxyl groups is 3. The highest BCUT2D eigenvalue weighted by atomic mass is 16.3. The number of rotatable bonds is 1. The summed E-state index contributed by atoms with van der Waals surface area (Å²) in [6, 6.07) is 3.07. The summed E-state index contributed by atoms with van der Waals surface area (Å²) < 4.78 is 0. The van der Waals surface area contributed by atoms with Crippen molar-refractivity contribution in [1.29, 1.82) is 0 Å². The molecule has 0 spiro atoms. The smallest absolute Gasteiger partial charge is 0.255 e. The van der Waals surface area contributed by atoms with Crippen molar-refractivity contribution in [2.75, 3.05) is 0 Å². The van der Waals surface area contributed by atoms with Gasteiger partial charge in [0.1, 0.15) is 22.8 Å². The number of aromatic hydroxyl groups is 1. The first-order valence-corrected chi connectivity index (χ1v) is 9.32. The Morgan fingerprint density at radius 1 is 1.14 bits per heavy atom. The van der Waals surface area contributed by atoms with Gasteiger partial charge >= 0.3 is 0 Å². The van der Waals surface area contributed by atoms with Crippen LogP contribution in [0.15, 0.2) is 29.0 Å². The first kappa shape index (κ1) is 19.2. The van der Waals surface area contributed by atoms with Gasteiger partial charge in [0.2, 0.25) is 0 Å². The summed E-state index contributed by atoms with van der Waals surface area (Å²) in [7, 11) is 0. The molecule has 8 nitrogen and oxygen atoms in total. The lowest BCUT2D eigenvalue weighted by atomic mass is 9.57. The lowest BCUT2D eigenvalue weighted by Crippen LogP contribution is -2.56. The minimum atomic E-state index is -1.44. The molecule has 0 heterocycles. The van der Waals surface area contributed by atoms with E-state index in [9.17, 15) is 34.8 Å². The van der Waals surface area contributed by atoms with Crippen molar-refractivity contribution in [3.63, 3.8) is 0 Å². The third kappa shape index (κ3) is 2.38. The van der Waals surface area contributed by atoms with Crippen LogP contribution in [0, 0.1) is 30.6 Å². The van der Waals surface area contributed by atoms with Gasteiger partial charge in [-0.15, -0.1) is 0 Å². The molecule has 1 fully saturated rings. The van der Waals surface area contributed by atoms with Crippen molar-refractivity contribution in [2.24, 2.45) is 29.4 Å². The zero-order valence-corrected chi connectivity index (χ0v) is 15.8.